The van der Waals surface area contributed by atoms with Crippen molar-refractivity contribution in [3.63, 3.8) is 0 Å². The summed E-state index contributed by atoms with van der Waals surface area (Å²) in [5, 5.41) is 9.70. The number of fused-ring (bicyclic) bond motifs is 1. The molecule has 0 bridgehead atoms. The number of benzene rings is 2. The van der Waals surface area contributed by atoms with Crippen LogP contribution in [0.3, 0.4) is 0 Å². The van der Waals surface area contributed by atoms with Crippen LogP contribution in [0.15, 0.2) is 36.4 Å². The lowest BCUT2D eigenvalue weighted by molar-refractivity contribution is -0.134. The zero-order valence-corrected chi connectivity index (χ0v) is 14.5. The van der Waals surface area contributed by atoms with Gasteiger partial charge in [-0.3, -0.25) is 4.79 Å². The van der Waals surface area contributed by atoms with Crippen molar-refractivity contribution in [1.82, 2.24) is 4.90 Å². The average molecular weight is 360 g/mol. The maximum Gasteiger partial charge on any atom is 0.335 e. The van der Waals surface area contributed by atoms with Gasteiger partial charge in [-0.15, -0.1) is 0 Å². The monoisotopic (exact) mass is 359 g/mol. The molecule has 5 nitrogen and oxygen atoms in total. The molecular weight excluding hydrogens is 342 g/mol. The number of nitrogens with zero attached hydrogens (tertiary/aromatic N) is 1. The van der Waals surface area contributed by atoms with E-state index in [0.717, 1.165) is 16.7 Å². The molecule has 1 N–H and O–H groups in total. The number of carbonyl (C=O) groups is 2. The molecule has 2 aromatic carbocycles. The first-order valence-electron chi connectivity index (χ1n) is 7.96. The smallest absolute Gasteiger partial charge is 0.335 e. The van der Waals surface area contributed by atoms with Gasteiger partial charge in [0, 0.05) is 23.7 Å². The van der Waals surface area contributed by atoms with Crippen molar-refractivity contribution >= 4 is 23.5 Å². The van der Waals surface area contributed by atoms with Gasteiger partial charge in [-0.2, -0.15) is 0 Å². The number of aromatic carboxylic acids is 1. The van der Waals surface area contributed by atoms with Crippen LogP contribution in [0.5, 0.6) is 5.75 Å². The summed E-state index contributed by atoms with van der Waals surface area (Å²) in [4.78, 5) is 25.2. The van der Waals surface area contributed by atoms with Crippen LogP contribution in [-0.2, 0) is 17.8 Å². The van der Waals surface area contributed by atoms with E-state index in [0.29, 0.717) is 30.3 Å². The summed E-state index contributed by atoms with van der Waals surface area (Å²) in [7, 11) is 0. The third-order valence-electron chi connectivity index (χ3n) is 4.39. The third kappa shape index (κ3) is 3.77. The van der Waals surface area contributed by atoms with Crippen LogP contribution in [-0.4, -0.2) is 35.0 Å². The largest absolute Gasteiger partial charge is 0.483 e. The fourth-order valence-electron chi connectivity index (χ4n) is 2.88. The summed E-state index contributed by atoms with van der Waals surface area (Å²) in [5.41, 5.74) is 2.99. The Balaban J connectivity index is 1.67. The van der Waals surface area contributed by atoms with Gasteiger partial charge in [-0.1, -0.05) is 23.7 Å². The normalized spacial score (nSPS) is 13.3. The van der Waals surface area contributed by atoms with Gasteiger partial charge >= 0.3 is 5.97 Å². The van der Waals surface area contributed by atoms with Gasteiger partial charge in [0.05, 0.1) is 5.56 Å². The molecule has 0 fully saturated rings. The number of halogens is 1. The van der Waals surface area contributed by atoms with E-state index in [2.05, 4.69) is 0 Å². The molecule has 1 aliphatic heterocycles. The molecule has 0 unspecified atom stereocenters. The minimum atomic E-state index is -0.967. The topological polar surface area (TPSA) is 66.8 Å². The van der Waals surface area contributed by atoms with Crippen LogP contribution in [0.4, 0.5) is 0 Å². The minimum Gasteiger partial charge on any atom is -0.483 e. The zero-order chi connectivity index (χ0) is 18.0. The summed E-state index contributed by atoms with van der Waals surface area (Å²) in [6.07, 6.45) is 0.706. The Bertz CT molecular complexity index is 834. The Morgan fingerprint density at radius 1 is 1.24 bits per heavy atom. The van der Waals surface area contributed by atoms with E-state index in [1.54, 1.807) is 35.2 Å². The van der Waals surface area contributed by atoms with Crippen LogP contribution in [0.25, 0.3) is 0 Å². The van der Waals surface area contributed by atoms with E-state index in [1.807, 2.05) is 13.0 Å². The zero-order valence-electron chi connectivity index (χ0n) is 13.8. The van der Waals surface area contributed by atoms with E-state index in [-0.39, 0.29) is 18.1 Å². The number of hydrogen-bond acceptors (Lipinski definition) is 3. The van der Waals surface area contributed by atoms with Crippen LogP contribution < -0.4 is 4.74 Å². The number of carbonyl (C=O) groups excluding carboxylic acids is 1. The summed E-state index contributed by atoms with van der Waals surface area (Å²) < 4.78 is 5.61. The van der Waals surface area contributed by atoms with Crippen LogP contribution in [0, 0.1) is 6.92 Å². The maximum atomic E-state index is 12.4. The van der Waals surface area contributed by atoms with Crippen molar-refractivity contribution in [2.24, 2.45) is 0 Å². The second-order valence-electron chi connectivity index (χ2n) is 6.01. The quantitative estimate of drug-likeness (QED) is 0.909. The highest BCUT2D eigenvalue weighted by molar-refractivity contribution is 6.31. The van der Waals surface area contributed by atoms with E-state index >= 15 is 0 Å². The molecular formula is C19H18ClNO4. The average Bonchev–Trinajstić information content (AvgIpc) is 2.61. The third-order valence-corrected chi connectivity index (χ3v) is 4.80. The number of carboxylic acids is 1. The maximum absolute atomic E-state index is 12.4. The molecule has 3 rings (SSSR count). The van der Waals surface area contributed by atoms with Gasteiger partial charge in [0.2, 0.25) is 0 Å². The van der Waals surface area contributed by atoms with Crippen molar-refractivity contribution in [3.8, 4) is 5.75 Å². The fraction of sp³-hybridized carbons (Fsp3) is 0.263. The molecule has 1 heterocycles. The summed E-state index contributed by atoms with van der Waals surface area (Å²) >= 11 is 6.05. The Morgan fingerprint density at radius 3 is 2.80 bits per heavy atom. The molecule has 1 amide bonds. The Kier molecular flexibility index (Phi) is 4.95. The molecule has 0 spiro atoms. The van der Waals surface area contributed by atoms with Crippen molar-refractivity contribution in [2.45, 2.75) is 19.9 Å². The van der Waals surface area contributed by atoms with Crippen molar-refractivity contribution in [1.29, 1.82) is 0 Å². The first-order chi connectivity index (χ1) is 12.0. The Morgan fingerprint density at radius 2 is 2.04 bits per heavy atom. The highest BCUT2D eigenvalue weighted by atomic mass is 35.5. The molecule has 6 heteroatoms. The predicted octanol–water partition coefficient (Wildman–Crippen LogP) is 3.31. The molecule has 0 saturated heterocycles. The first kappa shape index (κ1) is 17.3. The van der Waals surface area contributed by atoms with Crippen LogP contribution in [0.2, 0.25) is 5.02 Å². The number of hydrogen-bond donors (Lipinski definition) is 1. The van der Waals surface area contributed by atoms with E-state index < -0.39 is 5.97 Å². The second kappa shape index (κ2) is 7.15. The number of carboxylic acid groups (broad SMARTS) is 1. The number of rotatable bonds is 4. The molecule has 130 valence electrons. The predicted molar refractivity (Wildman–Crippen MR) is 94.2 cm³/mol. The SMILES string of the molecule is Cc1c(Cl)cccc1OCC(=O)N1CCc2ccc(C(=O)O)cc2C1. The Labute approximate surface area is 150 Å². The molecule has 0 aliphatic carbocycles. The van der Waals surface area contributed by atoms with Gasteiger partial charge in [0.15, 0.2) is 6.61 Å². The van der Waals surface area contributed by atoms with Gasteiger partial charge in [0.1, 0.15) is 5.75 Å². The minimum absolute atomic E-state index is 0.0743. The summed E-state index contributed by atoms with van der Waals surface area (Å²) in [5.74, 6) is -0.511. The van der Waals surface area contributed by atoms with E-state index in [9.17, 15) is 9.59 Å². The Hall–Kier alpha value is -2.53. The van der Waals surface area contributed by atoms with Gasteiger partial charge in [-0.05, 0) is 48.7 Å². The van der Waals surface area contributed by atoms with Gasteiger partial charge in [-0.25, -0.2) is 4.79 Å². The molecule has 25 heavy (non-hydrogen) atoms. The lowest BCUT2D eigenvalue weighted by Gasteiger charge is -2.29. The summed E-state index contributed by atoms with van der Waals surface area (Å²) in [6, 6.07) is 10.4. The lowest BCUT2D eigenvalue weighted by atomic mass is 9.97. The lowest BCUT2D eigenvalue weighted by Crippen LogP contribution is -2.39. The summed E-state index contributed by atoms with van der Waals surface area (Å²) in [6.45, 7) is 2.76. The van der Waals surface area contributed by atoms with Crippen molar-refractivity contribution < 1.29 is 19.4 Å². The molecule has 0 atom stereocenters. The standard InChI is InChI=1S/C19H18ClNO4/c1-12-16(20)3-2-4-17(12)25-11-18(22)21-8-7-13-5-6-14(19(23)24)9-15(13)10-21/h2-6,9H,7-8,10-11H2,1H3,(H,23,24). The van der Waals surface area contributed by atoms with Crippen LogP contribution in [0.1, 0.15) is 27.0 Å². The van der Waals surface area contributed by atoms with Crippen LogP contribution >= 0.6 is 11.6 Å². The van der Waals surface area contributed by atoms with Gasteiger partial charge in [0.25, 0.3) is 5.91 Å². The molecule has 1 aliphatic rings. The van der Waals surface area contributed by atoms with Crippen molar-refractivity contribution in [3.05, 3.63) is 63.7 Å². The number of amides is 1. The number of ether oxygens (including phenoxy) is 1. The van der Waals surface area contributed by atoms with Gasteiger partial charge < -0.3 is 14.7 Å². The molecule has 0 aromatic heterocycles. The van der Waals surface area contributed by atoms with E-state index in [1.165, 1.54) is 0 Å². The van der Waals surface area contributed by atoms with E-state index in [4.69, 9.17) is 21.4 Å². The molecule has 0 saturated carbocycles. The highest BCUT2D eigenvalue weighted by Crippen LogP contribution is 2.25. The molecule has 2 aromatic rings. The molecule has 0 radical (unpaired) electrons. The highest BCUT2D eigenvalue weighted by Gasteiger charge is 2.22. The first-order valence-corrected chi connectivity index (χ1v) is 8.34. The van der Waals surface area contributed by atoms with Crippen molar-refractivity contribution in [2.75, 3.05) is 13.2 Å². The fourth-order valence-corrected chi connectivity index (χ4v) is 3.04. The second-order valence-corrected chi connectivity index (χ2v) is 6.41.